The summed E-state index contributed by atoms with van der Waals surface area (Å²) in [5.74, 6) is -0.407. The third-order valence-corrected chi connectivity index (χ3v) is 7.34. The van der Waals surface area contributed by atoms with Crippen LogP contribution in [0.3, 0.4) is 0 Å². The number of Topliss-reactive ketones (excluding diaryl/α,β-unsaturated/α-hetero) is 1. The minimum atomic E-state index is -3.83. The summed E-state index contributed by atoms with van der Waals surface area (Å²) < 4.78 is 33.4. The number of benzene rings is 2. The highest BCUT2D eigenvalue weighted by Gasteiger charge is 2.41. The molecule has 154 valence electrons. The Kier molecular flexibility index (Phi) is 5.91. The highest BCUT2D eigenvalue weighted by molar-refractivity contribution is 7.89. The maximum absolute atomic E-state index is 13.4. The van der Waals surface area contributed by atoms with Gasteiger partial charge in [-0.1, -0.05) is 17.7 Å². The first-order valence-corrected chi connectivity index (χ1v) is 11.0. The predicted molar refractivity (Wildman–Crippen MR) is 110 cm³/mol. The molecule has 1 fully saturated rings. The Bertz CT molecular complexity index is 1030. The monoisotopic (exact) mass is 415 g/mol. The van der Waals surface area contributed by atoms with Crippen molar-refractivity contribution in [3.8, 4) is 5.75 Å². The zero-order valence-corrected chi connectivity index (χ0v) is 17.9. The van der Waals surface area contributed by atoms with E-state index in [1.807, 2.05) is 19.1 Å². The summed E-state index contributed by atoms with van der Waals surface area (Å²) >= 11 is 0. The number of esters is 1. The summed E-state index contributed by atoms with van der Waals surface area (Å²) in [6.45, 7) is 7.19. The highest BCUT2D eigenvalue weighted by Crippen LogP contribution is 2.31. The molecule has 0 amide bonds. The Morgan fingerprint density at radius 1 is 1.03 bits per heavy atom. The van der Waals surface area contributed by atoms with Crippen LogP contribution in [0.15, 0.2) is 41.3 Å². The third kappa shape index (κ3) is 4.26. The van der Waals surface area contributed by atoms with Crippen molar-refractivity contribution in [3.05, 3.63) is 58.7 Å². The fourth-order valence-corrected chi connectivity index (χ4v) is 5.96. The molecular formula is C22H25NO5S. The van der Waals surface area contributed by atoms with Gasteiger partial charge >= 0.3 is 5.97 Å². The Morgan fingerprint density at radius 3 is 2.17 bits per heavy atom. The van der Waals surface area contributed by atoms with Crippen molar-refractivity contribution >= 4 is 21.8 Å². The first kappa shape index (κ1) is 21.2. The molecule has 2 aromatic carbocycles. The number of aryl methyl sites for hydroxylation is 3. The topological polar surface area (TPSA) is 80.8 Å². The highest BCUT2D eigenvalue weighted by atomic mass is 32.2. The smallest absolute Gasteiger partial charge is 0.329 e. The number of nitrogens with zero attached hydrogens (tertiary/aromatic N) is 1. The van der Waals surface area contributed by atoms with Crippen LogP contribution in [0.4, 0.5) is 0 Å². The summed E-state index contributed by atoms with van der Waals surface area (Å²) in [4.78, 5) is 24.4. The minimum Gasteiger partial charge on any atom is -0.425 e. The largest absolute Gasteiger partial charge is 0.425 e. The lowest BCUT2D eigenvalue weighted by atomic mass is 10.1. The molecule has 0 bridgehead atoms. The van der Waals surface area contributed by atoms with Gasteiger partial charge in [-0.3, -0.25) is 4.79 Å². The van der Waals surface area contributed by atoms with Crippen LogP contribution in [0, 0.1) is 20.8 Å². The summed E-state index contributed by atoms with van der Waals surface area (Å²) in [6, 6.07) is 9.03. The van der Waals surface area contributed by atoms with Crippen LogP contribution in [0.25, 0.3) is 0 Å². The van der Waals surface area contributed by atoms with Gasteiger partial charge in [0.05, 0.1) is 4.90 Å². The van der Waals surface area contributed by atoms with Crippen LogP contribution in [0.1, 0.15) is 46.8 Å². The van der Waals surface area contributed by atoms with E-state index in [0.717, 1.165) is 5.56 Å². The van der Waals surface area contributed by atoms with E-state index in [-0.39, 0.29) is 23.0 Å². The molecule has 1 unspecified atom stereocenters. The van der Waals surface area contributed by atoms with E-state index in [0.29, 0.717) is 29.5 Å². The molecular weight excluding hydrogens is 390 g/mol. The van der Waals surface area contributed by atoms with Gasteiger partial charge in [-0.2, -0.15) is 4.31 Å². The van der Waals surface area contributed by atoms with E-state index in [2.05, 4.69) is 0 Å². The SMILES string of the molecule is CC(=O)c1ccc(OC(=O)C2CCCN2S(=O)(=O)c2c(C)cc(C)cc2C)cc1. The molecule has 1 saturated heterocycles. The van der Waals surface area contributed by atoms with E-state index >= 15 is 0 Å². The molecule has 0 aliphatic carbocycles. The molecule has 1 aliphatic rings. The fraction of sp³-hybridized carbons (Fsp3) is 0.364. The Balaban J connectivity index is 1.85. The fourth-order valence-electron chi connectivity index (χ4n) is 3.90. The van der Waals surface area contributed by atoms with Crippen LogP contribution in [-0.2, 0) is 14.8 Å². The molecule has 1 atom stereocenters. The molecule has 6 nitrogen and oxygen atoms in total. The molecule has 0 aromatic heterocycles. The molecule has 1 aliphatic heterocycles. The minimum absolute atomic E-state index is 0.0835. The van der Waals surface area contributed by atoms with Crippen molar-refractivity contribution < 1.29 is 22.7 Å². The maximum atomic E-state index is 13.4. The first-order valence-electron chi connectivity index (χ1n) is 9.53. The molecule has 7 heteroatoms. The van der Waals surface area contributed by atoms with Gasteiger partial charge in [-0.05, 0) is 75.9 Å². The number of hydrogen-bond acceptors (Lipinski definition) is 5. The number of ketones is 1. The van der Waals surface area contributed by atoms with E-state index in [9.17, 15) is 18.0 Å². The van der Waals surface area contributed by atoms with Crippen molar-refractivity contribution in [1.29, 1.82) is 0 Å². The summed E-state index contributed by atoms with van der Waals surface area (Å²) in [5, 5.41) is 0. The van der Waals surface area contributed by atoms with Crippen molar-refractivity contribution in [2.24, 2.45) is 0 Å². The van der Waals surface area contributed by atoms with Gasteiger partial charge in [-0.25, -0.2) is 13.2 Å². The van der Waals surface area contributed by atoms with Crippen LogP contribution in [-0.4, -0.2) is 37.1 Å². The van der Waals surface area contributed by atoms with Gasteiger partial charge in [0.25, 0.3) is 0 Å². The van der Waals surface area contributed by atoms with Gasteiger partial charge < -0.3 is 4.74 Å². The Morgan fingerprint density at radius 2 is 1.62 bits per heavy atom. The summed E-state index contributed by atoms with van der Waals surface area (Å²) in [7, 11) is -3.83. The average molecular weight is 416 g/mol. The molecule has 1 heterocycles. The second-order valence-corrected chi connectivity index (χ2v) is 9.33. The quantitative estimate of drug-likeness (QED) is 0.424. The van der Waals surface area contributed by atoms with Crippen LogP contribution < -0.4 is 4.74 Å². The second-order valence-electron chi connectivity index (χ2n) is 7.50. The average Bonchev–Trinajstić information content (AvgIpc) is 3.12. The molecule has 29 heavy (non-hydrogen) atoms. The van der Waals surface area contributed by atoms with E-state index in [1.54, 1.807) is 26.0 Å². The van der Waals surface area contributed by atoms with Crippen LogP contribution in [0.2, 0.25) is 0 Å². The van der Waals surface area contributed by atoms with Crippen LogP contribution >= 0.6 is 0 Å². The lowest BCUT2D eigenvalue weighted by molar-refractivity contribution is -0.137. The van der Waals surface area contributed by atoms with Crippen molar-refractivity contribution in [2.45, 2.75) is 51.5 Å². The first-order chi connectivity index (χ1) is 13.6. The van der Waals surface area contributed by atoms with Gasteiger partial charge in [0.2, 0.25) is 10.0 Å². The van der Waals surface area contributed by atoms with Gasteiger partial charge in [0.15, 0.2) is 5.78 Å². The molecule has 0 N–H and O–H groups in total. The number of rotatable bonds is 5. The van der Waals surface area contributed by atoms with E-state index < -0.39 is 22.0 Å². The zero-order valence-electron chi connectivity index (χ0n) is 17.1. The summed E-state index contributed by atoms with van der Waals surface area (Å²) in [6.07, 6.45) is 1.000. The number of hydrogen-bond donors (Lipinski definition) is 0. The number of sulfonamides is 1. The zero-order chi connectivity index (χ0) is 21.3. The number of carbonyl (C=O) groups excluding carboxylic acids is 2. The summed E-state index contributed by atoms with van der Waals surface area (Å²) in [5.41, 5.74) is 2.84. The number of ether oxygens (including phenoxy) is 1. The molecule has 3 rings (SSSR count). The van der Waals surface area contributed by atoms with E-state index in [1.165, 1.54) is 23.4 Å². The molecule has 0 spiro atoms. The number of carbonyl (C=O) groups is 2. The standard InChI is InChI=1S/C22H25NO5S/c1-14-12-15(2)21(16(3)13-14)29(26,27)23-11-5-6-20(23)22(25)28-19-9-7-18(8-10-19)17(4)24/h7-10,12-13,20H,5-6,11H2,1-4H3. The van der Waals surface area contributed by atoms with E-state index in [4.69, 9.17) is 4.74 Å². The van der Waals surface area contributed by atoms with Gasteiger partial charge in [0.1, 0.15) is 11.8 Å². The molecule has 0 saturated carbocycles. The van der Waals surface area contributed by atoms with Crippen molar-refractivity contribution in [3.63, 3.8) is 0 Å². The normalized spacial score (nSPS) is 17.3. The Hall–Kier alpha value is -2.51. The molecule has 0 radical (unpaired) electrons. The third-order valence-electron chi connectivity index (χ3n) is 5.13. The lowest BCUT2D eigenvalue weighted by Crippen LogP contribution is -2.42. The van der Waals surface area contributed by atoms with Crippen molar-refractivity contribution in [2.75, 3.05) is 6.54 Å². The Labute approximate surface area is 171 Å². The van der Waals surface area contributed by atoms with Gasteiger partial charge in [0, 0.05) is 12.1 Å². The lowest BCUT2D eigenvalue weighted by Gasteiger charge is -2.24. The van der Waals surface area contributed by atoms with Gasteiger partial charge in [-0.15, -0.1) is 0 Å². The predicted octanol–water partition coefficient (Wildman–Crippen LogP) is 3.57. The van der Waals surface area contributed by atoms with Crippen LogP contribution in [0.5, 0.6) is 5.75 Å². The second kappa shape index (κ2) is 8.08. The molecule has 2 aromatic rings. The maximum Gasteiger partial charge on any atom is 0.329 e. The van der Waals surface area contributed by atoms with Crippen molar-refractivity contribution in [1.82, 2.24) is 4.31 Å².